The van der Waals surface area contributed by atoms with Crippen molar-refractivity contribution < 1.29 is 73.3 Å². The molecule has 0 bridgehead atoms. The van der Waals surface area contributed by atoms with Gasteiger partial charge in [0.05, 0.1) is 0 Å². The van der Waals surface area contributed by atoms with E-state index in [1.54, 1.807) is 48.5 Å². The van der Waals surface area contributed by atoms with E-state index in [0.717, 1.165) is 0 Å². The van der Waals surface area contributed by atoms with E-state index in [9.17, 15) is 0 Å². The molecule has 4 heteroatoms. The Bertz CT molecular complexity index is 3580. The molecule has 0 saturated carbocycles. The molecule has 404 valence electrons. The van der Waals surface area contributed by atoms with Crippen molar-refractivity contribution in [3.05, 3.63) is 264 Å². The first-order valence-electron chi connectivity index (χ1n) is 27.5. The van der Waals surface area contributed by atoms with Gasteiger partial charge in [-0.1, -0.05) is 223 Å². The van der Waals surface area contributed by atoms with Gasteiger partial charge < -0.3 is 24.8 Å². The Balaban J connectivity index is 0.000000186. The number of benzene rings is 8. The van der Waals surface area contributed by atoms with E-state index >= 15 is 0 Å². The van der Waals surface area contributed by atoms with Crippen molar-refractivity contribution in [2.75, 3.05) is 0 Å². The number of hydrogen-bond acceptors (Lipinski definition) is 0. The second-order valence-corrected chi connectivity index (χ2v) is 26.5. The summed E-state index contributed by atoms with van der Waals surface area (Å²) < 4.78 is 3.01. The summed E-state index contributed by atoms with van der Waals surface area (Å²) in [5.41, 5.74) is 18.7. The molecule has 0 unspecified atom stereocenters. The molecule has 0 amide bonds. The number of rotatable bonds is 6. The van der Waals surface area contributed by atoms with Gasteiger partial charge in [-0.2, -0.15) is 24.3 Å². The molecule has 0 aliphatic rings. The zero-order chi connectivity index (χ0) is 55.9. The van der Waals surface area contributed by atoms with Crippen LogP contribution in [0.2, 0.25) is 0 Å². The third-order valence-corrected chi connectivity index (χ3v) is 13.7. The van der Waals surface area contributed by atoms with Gasteiger partial charge in [0.2, 0.25) is 0 Å². The van der Waals surface area contributed by atoms with Crippen LogP contribution in [0.4, 0.5) is 0 Å². The minimum atomic E-state index is 0. The van der Waals surface area contributed by atoms with Gasteiger partial charge in [-0.05, 0) is 34.1 Å². The van der Waals surface area contributed by atoms with Crippen LogP contribution in [0.25, 0.3) is 87.6 Å². The van der Waals surface area contributed by atoms with Gasteiger partial charge in [0, 0.05) is 0 Å². The third kappa shape index (κ3) is 17.6. The van der Waals surface area contributed by atoms with Crippen LogP contribution in [0.5, 0.6) is 0 Å². The van der Waals surface area contributed by atoms with Crippen molar-refractivity contribution in [3.63, 3.8) is 0 Å². The summed E-state index contributed by atoms with van der Waals surface area (Å²) in [6.45, 7) is 26.2. The van der Waals surface area contributed by atoms with Crippen molar-refractivity contribution in [3.8, 4) is 44.5 Å². The number of hydrogen-bond donors (Lipinski definition) is 0. The van der Waals surface area contributed by atoms with Gasteiger partial charge in [0.15, 0.2) is 0 Å². The molecule has 0 spiro atoms. The summed E-state index contributed by atoms with van der Waals surface area (Å²) in [4.78, 5) is 0. The molecule has 0 N–H and O–H groups in total. The number of halogens is 2. The average molecular weight is 1240 g/mol. The van der Waals surface area contributed by atoms with Crippen LogP contribution in [0.1, 0.15) is 101 Å². The minimum absolute atomic E-state index is 0. The molecule has 0 aliphatic carbocycles. The molecular weight excluding hydrogens is 1170 g/mol. The maximum Gasteiger partial charge on any atom is -0.0279 e. The monoisotopic (exact) mass is 1240 g/mol. The quantitative estimate of drug-likeness (QED) is 0.146. The second-order valence-electron chi connectivity index (χ2n) is 21.5. The van der Waals surface area contributed by atoms with Gasteiger partial charge in [-0.3, -0.25) is 0 Å². The van der Waals surface area contributed by atoms with Gasteiger partial charge in [0.1, 0.15) is 0 Å². The van der Waals surface area contributed by atoms with Gasteiger partial charge >= 0.3 is 82.6 Å². The van der Waals surface area contributed by atoms with Crippen molar-refractivity contribution in [1.82, 2.24) is 0 Å². The molecule has 0 fully saturated rings. The molecule has 0 nitrogen and oxygen atoms in total. The van der Waals surface area contributed by atoms with Gasteiger partial charge in [-0.25, -0.2) is 0 Å². The van der Waals surface area contributed by atoms with Crippen LogP contribution in [-0.2, 0) is 48.5 Å². The summed E-state index contributed by atoms with van der Waals surface area (Å²) in [6.07, 6.45) is 0. The number of aryl methyl sites for hydroxylation is 4. The van der Waals surface area contributed by atoms with Crippen LogP contribution in [0.15, 0.2) is 231 Å². The summed E-state index contributed by atoms with van der Waals surface area (Å²) in [6, 6.07) is 82.8. The largest absolute Gasteiger partial charge is 1.00 e. The Morgan fingerprint density at radius 2 is 0.600 bits per heavy atom. The molecule has 0 atom stereocenters. The molecule has 0 aliphatic heterocycles. The third-order valence-electron chi connectivity index (χ3n) is 13.7. The van der Waals surface area contributed by atoms with Crippen LogP contribution in [-0.4, -0.2) is 6.41 Å². The minimum Gasteiger partial charge on any atom is -1.00 e. The van der Waals surface area contributed by atoms with E-state index in [-0.39, 0.29) is 24.8 Å². The summed E-state index contributed by atoms with van der Waals surface area (Å²) >= 11 is 3.11. The van der Waals surface area contributed by atoms with Gasteiger partial charge in [-0.15, -0.1) is 137 Å². The van der Waals surface area contributed by atoms with Crippen molar-refractivity contribution in [1.29, 1.82) is 0 Å². The molecule has 0 heterocycles. The molecule has 12 rings (SSSR count). The Kier molecular flexibility index (Phi) is 25.6. The molecule has 80 heavy (non-hydrogen) atoms. The van der Waals surface area contributed by atoms with Crippen LogP contribution in [0.3, 0.4) is 0 Å². The molecule has 12 aromatic carbocycles. The first kappa shape index (κ1) is 65.1. The summed E-state index contributed by atoms with van der Waals surface area (Å²) in [7, 11) is 0. The second kappa shape index (κ2) is 31.5. The van der Waals surface area contributed by atoms with Crippen LogP contribution >= 0.6 is 0 Å². The van der Waals surface area contributed by atoms with E-state index in [0.29, 0.717) is 11.8 Å². The Morgan fingerprint density at radius 1 is 0.325 bits per heavy atom. The summed E-state index contributed by atoms with van der Waals surface area (Å²) in [5, 5.41) is 10.9. The normalized spacial score (nSPS) is 10.4. The zero-order valence-corrected chi connectivity index (χ0v) is 55.3. The maximum atomic E-state index is 2.34. The fraction of sp³-hybridized carbons (Fsp3) is 0.184. The molecule has 0 saturated heterocycles. The van der Waals surface area contributed by atoms with Crippen LogP contribution < -0.4 is 24.8 Å². The van der Waals surface area contributed by atoms with Crippen molar-refractivity contribution >= 4 is 49.5 Å². The molecule has 0 radical (unpaired) electrons. The zero-order valence-electron chi connectivity index (χ0n) is 48.8. The SMILES string of the molecule is CC(C)c1cc2c(-c3ccccc3)cccc2[cH-]1.CC(C)c1cc2c(-c3ccccc3)cccc2[cH-]1.C[C](C)=[Zr+2].C[C](C)=[Zr+2].Cc1cc2c(-c3ccccc3)ccc(C)c2[cH-]1.Cc1cc2c(-c3ccccc3)ccc(C)c2[cH-]1.[Cl-].[Cl-]. The van der Waals surface area contributed by atoms with Crippen LogP contribution in [0, 0.1) is 27.7 Å². The predicted molar refractivity (Wildman–Crippen MR) is 340 cm³/mol. The first-order valence-corrected chi connectivity index (χ1v) is 29.9. The first-order chi connectivity index (χ1) is 37.5. The van der Waals surface area contributed by atoms with Gasteiger partial charge in [0.25, 0.3) is 0 Å². The van der Waals surface area contributed by atoms with E-state index in [1.807, 2.05) is 0 Å². The molecule has 12 aromatic rings. The van der Waals surface area contributed by atoms with Crippen molar-refractivity contribution in [2.45, 2.75) is 94.9 Å². The predicted octanol–water partition coefficient (Wildman–Crippen LogP) is 15.9. The Morgan fingerprint density at radius 3 is 0.875 bits per heavy atom. The van der Waals surface area contributed by atoms with E-state index in [4.69, 9.17) is 0 Å². The molecular formula is C76H76Cl2Zr2-2. The fourth-order valence-electron chi connectivity index (χ4n) is 9.84. The fourth-order valence-corrected chi connectivity index (χ4v) is 9.84. The Labute approximate surface area is 521 Å². The van der Waals surface area contributed by atoms with E-state index in [1.165, 1.54) is 127 Å². The summed E-state index contributed by atoms with van der Waals surface area (Å²) in [5.74, 6) is 1.17. The van der Waals surface area contributed by atoms with E-state index < -0.39 is 0 Å². The average Bonchev–Trinajstić information content (AvgIpc) is 4.27. The molecule has 0 aromatic heterocycles. The maximum absolute atomic E-state index is 2.34. The number of fused-ring (bicyclic) bond motifs is 4. The smallest absolute Gasteiger partial charge is 0.0279 e. The standard InChI is InChI=1S/2C18H17.2C17H15.2C3H6.2ClH.2Zr/c2*1-13(2)16-11-15-9-6-10-17(18(15)12-16)14-7-4-3-5-8-14;2*1-12-10-16-13(2)8-9-15(17(16)11-12)14-6-4-3-5-7-14;2*1-3-2;;;;/h2*3-13H,1-2H3;2*3-11H,1-2H3;2*1-2H3;2*1H;;/q4*-1;;;;;2*+2/p-2. The Hall–Kier alpha value is -5.71. The topological polar surface area (TPSA) is 0 Å². The van der Waals surface area contributed by atoms with Crippen molar-refractivity contribution in [2.24, 2.45) is 0 Å². The van der Waals surface area contributed by atoms with E-state index in [2.05, 4.69) is 314 Å².